The first kappa shape index (κ1) is 13.4. The van der Waals surface area contributed by atoms with Gasteiger partial charge < -0.3 is 10.6 Å². The summed E-state index contributed by atoms with van der Waals surface area (Å²) in [4.78, 5) is 16.2. The molecule has 2 aromatic rings. The molecular weight excluding hydrogens is 266 g/mol. The van der Waals surface area contributed by atoms with Gasteiger partial charge in [0.1, 0.15) is 11.5 Å². The number of carbonyl (C=O) groups is 1. The molecule has 0 saturated carbocycles. The average Bonchev–Trinajstić information content (AvgIpc) is 2.77. The fourth-order valence-corrected chi connectivity index (χ4v) is 1.73. The highest BCUT2D eigenvalue weighted by Crippen LogP contribution is 2.18. The molecule has 2 aromatic heterocycles. The number of anilines is 2. The Kier molecular flexibility index (Phi) is 4.01. The Labute approximate surface area is 115 Å². The Morgan fingerprint density at radius 3 is 2.79 bits per heavy atom. The van der Waals surface area contributed by atoms with Crippen molar-refractivity contribution < 1.29 is 4.79 Å². The Balaban J connectivity index is 2.20. The van der Waals surface area contributed by atoms with Gasteiger partial charge in [-0.05, 0) is 19.1 Å². The van der Waals surface area contributed by atoms with Crippen LogP contribution < -0.4 is 10.6 Å². The molecule has 7 heteroatoms. The van der Waals surface area contributed by atoms with Crippen LogP contribution >= 0.6 is 11.6 Å². The van der Waals surface area contributed by atoms with Crippen LogP contribution in [0.5, 0.6) is 0 Å². The van der Waals surface area contributed by atoms with Gasteiger partial charge in [-0.1, -0.05) is 11.6 Å². The molecule has 0 radical (unpaired) electrons. The van der Waals surface area contributed by atoms with Crippen LogP contribution in [0.15, 0.2) is 24.4 Å². The van der Waals surface area contributed by atoms with E-state index in [1.54, 1.807) is 36.1 Å². The molecule has 2 rings (SSSR count). The number of carbonyl (C=O) groups excluding carboxylic acids is 1. The van der Waals surface area contributed by atoms with Crippen LogP contribution in [0.2, 0.25) is 5.02 Å². The molecule has 100 valence electrons. The number of aromatic nitrogens is 3. The monoisotopic (exact) mass is 279 g/mol. The lowest BCUT2D eigenvalue weighted by molar-refractivity contribution is 0.102. The van der Waals surface area contributed by atoms with Crippen LogP contribution in [-0.2, 0) is 7.05 Å². The van der Waals surface area contributed by atoms with Gasteiger partial charge in [-0.25, -0.2) is 4.98 Å². The average molecular weight is 280 g/mol. The Hall–Kier alpha value is -2.08. The third-order valence-corrected chi connectivity index (χ3v) is 2.68. The highest BCUT2D eigenvalue weighted by molar-refractivity contribution is 6.34. The minimum absolute atomic E-state index is 0.172. The van der Waals surface area contributed by atoms with Crippen molar-refractivity contribution in [1.29, 1.82) is 0 Å². The van der Waals surface area contributed by atoms with Crippen LogP contribution in [0, 0.1) is 0 Å². The van der Waals surface area contributed by atoms with Crippen LogP contribution in [0.25, 0.3) is 0 Å². The number of rotatable bonds is 4. The fourth-order valence-electron chi connectivity index (χ4n) is 1.54. The SMILES string of the molecule is CCNc1ccc(Cl)c(C(=O)Nc2ccn(C)n2)n1. The molecule has 0 atom stereocenters. The first-order valence-electron chi connectivity index (χ1n) is 5.81. The lowest BCUT2D eigenvalue weighted by Crippen LogP contribution is -2.16. The fraction of sp³-hybridized carbons (Fsp3) is 0.250. The van der Waals surface area contributed by atoms with E-state index in [4.69, 9.17) is 11.6 Å². The minimum atomic E-state index is -0.386. The van der Waals surface area contributed by atoms with E-state index in [-0.39, 0.29) is 11.6 Å². The summed E-state index contributed by atoms with van der Waals surface area (Å²) in [6.07, 6.45) is 1.74. The van der Waals surface area contributed by atoms with Crippen molar-refractivity contribution >= 4 is 29.1 Å². The molecule has 19 heavy (non-hydrogen) atoms. The summed E-state index contributed by atoms with van der Waals surface area (Å²) in [7, 11) is 1.77. The molecule has 2 heterocycles. The number of aryl methyl sites for hydroxylation is 1. The van der Waals surface area contributed by atoms with Crippen molar-refractivity contribution in [3.8, 4) is 0 Å². The van der Waals surface area contributed by atoms with Crippen molar-refractivity contribution in [2.75, 3.05) is 17.2 Å². The van der Waals surface area contributed by atoms with Crippen molar-refractivity contribution in [3.05, 3.63) is 35.1 Å². The van der Waals surface area contributed by atoms with E-state index in [0.717, 1.165) is 6.54 Å². The molecule has 0 aliphatic heterocycles. The predicted molar refractivity (Wildman–Crippen MR) is 74.6 cm³/mol. The van der Waals surface area contributed by atoms with Gasteiger partial charge in [-0.2, -0.15) is 5.10 Å². The van der Waals surface area contributed by atoms with E-state index >= 15 is 0 Å². The number of nitrogens with one attached hydrogen (secondary N) is 2. The number of hydrogen-bond donors (Lipinski definition) is 2. The minimum Gasteiger partial charge on any atom is -0.370 e. The lowest BCUT2D eigenvalue weighted by atomic mass is 10.3. The first-order valence-corrected chi connectivity index (χ1v) is 6.19. The first-order chi connectivity index (χ1) is 9.10. The molecule has 0 aromatic carbocycles. The molecule has 0 spiro atoms. The predicted octanol–water partition coefficient (Wildman–Crippen LogP) is 2.15. The molecule has 2 N–H and O–H groups in total. The van der Waals surface area contributed by atoms with Crippen LogP contribution in [0.1, 0.15) is 17.4 Å². The van der Waals surface area contributed by atoms with Crippen LogP contribution in [-0.4, -0.2) is 27.2 Å². The Morgan fingerprint density at radius 1 is 1.37 bits per heavy atom. The van der Waals surface area contributed by atoms with Gasteiger partial charge in [0.15, 0.2) is 5.82 Å². The Bertz CT molecular complexity index is 596. The molecule has 1 amide bonds. The summed E-state index contributed by atoms with van der Waals surface area (Å²) in [5, 5.41) is 10.0. The van der Waals surface area contributed by atoms with Crippen molar-refractivity contribution in [3.63, 3.8) is 0 Å². The number of hydrogen-bond acceptors (Lipinski definition) is 4. The van der Waals surface area contributed by atoms with E-state index in [1.165, 1.54) is 0 Å². The lowest BCUT2D eigenvalue weighted by Gasteiger charge is -2.07. The molecule has 0 saturated heterocycles. The maximum absolute atomic E-state index is 12.1. The maximum atomic E-state index is 12.1. The quantitative estimate of drug-likeness (QED) is 0.899. The maximum Gasteiger partial charge on any atom is 0.277 e. The smallest absolute Gasteiger partial charge is 0.277 e. The largest absolute Gasteiger partial charge is 0.370 e. The number of halogens is 1. The zero-order chi connectivity index (χ0) is 13.8. The second kappa shape index (κ2) is 5.71. The van der Waals surface area contributed by atoms with Crippen molar-refractivity contribution in [2.45, 2.75) is 6.92 Å². The summed E-state index contributed by atoms with van der Waals surface area (Å²) >= 11 is 5.99. The number of amides is 1. The normalized spacial score (nSPS) is 10.3. The Morgan fingerprint density at radius 2 is 2.16 bits per heavy atom. The molecule has 0 aliphatic carbocycles. The zero-order valence-electron chi connectivity index (χ0n) is 10.6. The number of pyridine rings is 1. The van der Waals surface area contributed by atoms with E-state index in [2.05, 4.69) is 20.7 Å². The summed E-state index contributed by atoms with van der Waals surface area (Å²) in [5.74, 6) is 0.681. The standard InChI is InChI=1S/C12H14ClN5O/c1-3-14-9-5-4-8(13)11(15-9)12(19)16-10-6-7-18(2)17-10/h4-7H,3H2,1-2H3,(H,14,15)(H,16,17,19). The third-order valence-electron chi connectivity index (χ3n) is 2.37. The zero-order valence-corrected chi connectivity index (χ0v) is 11.4. The molecule has 0 fully saturated rings. The molecule has 0 bridgehead atoms. The second-order valence-electron chi connectivity index (χ2n) is 3.89. The van der Waals surface area contributed by atoms with Gasteiger partial charge in [0.25, 0.3) is 5.91 Å². The van der Waals surface area contributed by atoms with Crippen LogP contribution in [0.4, 0.5) is 11.6 Å². The summed E-state index contributed by atoms with van der Waals surface area (Å²) in [6.45, 7) is 2.67. The summed E-state index contributed by atoms with van der Waals surface area (Å²) in [6, 6.07) is 5.06. The second-order valence-corrected chi connectivity index (χ2v) is 4.29. The molecule has 0 unspecified atom stereocenters. The van der Waals surface area contributed by atoms with E-state index in [0.29, 0.717) is 16.7 Å². The van der Waals surface area contributed by atoms with Crippen molar-refractivity contribution in [2.24, 2.45) is 7.05 Å². The third kappa shape index (κ3) is 3.23. The van der Waals surface area contributed by atoms with Crippen LogP contribution in [0.3, 0.4) is 0 Å². The van der Waals surface area contributed by atoms with E-state index < -0.39 is 0 Å². The van der Waals surface area contributed by atoms with Gasteiger partial charge in [-0.3, -0.25) is 9.48 Å². The molecule has 6 nitrogen and oxygen atoms in total. The van der Waals surface area contributed by atoms with Gasteiger partial charge in [0, 0.05) is 25.9 Å². The molecular formula is C12H14ClN5O. The number of nitrogens with zero attached hydrogens (tertiary/aromatic N) is 3. The molecule has 0 aliphatic rings. The van der Waals surface area contributed by atoms with Gasteiger partial charge in [0.05, 0.1) is 5.02 Å². The van der Waals surface area contributed by atoms with E-state index in [9.17, 15) is 4.79 Å². The van der Waals surface area contributed by atoms with E-state index in [1.807, 2.05) is 6.92 Å². The topological polar surface area (TPSA) is 71.8 Å². The van der Waals surface area contributed by atoms with Gasteiger partial charge in [-0.15, -0.1) is 0 Å². The summed E-state index contributed by atoms with van der Waals surface area (Å²) in [5.41, 5.74) is 0.172. The summed E-state index contributed by atoms with van der Waals surface area (Å²) < 4.78 is 1.60. The van der Waals surface area contributed by atoms with Gasteiger partial charge in [0.2, 0.25) is 0 Å². The highest BCUT2D eigenvalue weighted by Gasteiger charge is 2.14. The highest BCUT2D eigenvalue weighted by atomic mass is 35.5. The van der Waals surface area contributed by atoms with Gasteiger partial charge >= 0.3 is 0 Å². The van der Waals surface area contributed by atoms with Crippen molar-refractivity contribution in [1.82, 2.24) is 14.8 Å².